The molecular weight excluding hydrogens is 303 g/mol. The van der Waals surface area contributed by atoms with Crippen LogP contribution in [0.15, 0.2) is 42.5 Å². The third-order valence-electron chi connectivity index (χ3n) is 2.72. The second-order valence-electron chi connectivity index (χ2n) is 4.22. The summed E-state index contributed by atoms with van der Waals surface area (Å²) in [4.78, 5) is 0. The molecular formula is C15H9ClF3NO. The van der Waals surface area contributed by atoms with Gasteiger partial charge in [0.15, 0.2) is 0 Å². The maximum Gasteiger partial charge on any atom is 0.573 e. The molecule has 0 saturated heterocycles. The van der Waals surface area contributed by atoms with E-state index in [2.05, 4.69) is 4.74 Å². The van der Waals surface area contributed by atoms with E-state index in [1.54, 1.807) is 24.3 Å². The van der Waals surface area contributed by atoms with Gasteiger partial charge in [-0.15, -0.1) is 13.2 Å². The Balaban J connectivity index is 2.32. The van der Waals surface area contributed by atoms with Crippen molar-refractivity contribution in [2.75, 3.05) is 0 Å². The first kappa shape index (κ1) is 15.2. The van der Waals surface area contributed by atoms with Gasteiger partial charge in [-0.25, -0.2) is 0 Å². The molecule has 6 heteroatoms. The predicted molar refractivity (Wildman–Crippen MR) is 72.9 cm³/mol. The zero-order chi connectivity index (χ0) is 15.5. The van der Waals surface area contributed by atoms with Crippen molar-refractivity contribution in [1.29, 1.82) is 5.26 Å². The van der Waals surface area contributed by atoms with Crippen LogP contribution in [-0.2, 0) is 6.42 Å². The van der Waals surface area contributed by atoms with Gasteiger partial charge < -0.3 is 4.74 Å². The van der Waals surface area contributed by atoms with Crippen LogP contribution in [0.1, 0.15) is 5.56 Å². The molecule has 2 aromatic carbocycles. The molecule has 0 aliphatic heterocycles. The molecule has 0 aromatic heterocycles. The van der Waals surface area contributed by atoms with Crippen LogP contribution in [0.5, 0.6) is 5.75 Å². The van der Waals surface area contributed by atoms with Gasteiger partial charge in [0.05, 0.1) is 12.5 Å². The lowest BCUT2D eigenvalue weighted by atomic mass is 10.0. The van der Waals surface area contributed by atoms with Crippen molar-refractivity contribution >= 4 is 11.6 Å². The highest BCUT2D eigenvalue weighted by Crippen LogP contribution is 2.30. The third kappa shape index (κ3) is 4.14. The van der Waals surface area contributed by atoms with Crippen molar-refractivity contribution in [1.82, 2.24) is 0 Å². The highest BCUT2D eigenvalue weighted by atomic mass is 35.5. The van der Waals surface area contributed by atoms with Gasteiger partial charge in [0.1, 0.15) is 5.75 Å². The molecule has 21 heavy (non-hydrogen) atoms. The summed E-state index contributed by atoms with van der Waals surface area (Å²) in [5, 5.41) is 9.04. The van der Waals surface area contributed by atoms with Crippen LogP contribution in [-0.4, -0.2) is 6.36 Å². The topological polar surface area (TPSA) is 33.0 Å². The molecule has 0 heterocycles. The number of benzene rings is 2. The molecule has 0 fully saturated rings. The Kier molecular flexibility index (Phi) is 4.39. The number of ether oxygens (including phenoxy) is 1. The maximum absolute atomic E-state index is 12.2. The molecule has 0 saturated carbocycles. The summed E-state index contributed by atoms with van der Waals surface area (Å²) in [6, 6.07) is 12.6. The molecule has 0 spiro atoms. The predicted octanol–water partition coefficient (Wildman–Crippen LogP) is 4.97. The lowest BCUT2D eigenvalue weighted by Crippen LogP contribution is -2.17. The number of halogens is 4. The van der Waals surface area contributed by atoms with Gasteiger partial charge in [0.25, 0.3) is 0 Å². The molecule has 0 atom stereocenters. The summed E-state index contributed by atoms with van der Waals surface area (Å²) in [6.45, 7) is 0. The SMILES string of the molecule is N#CCc1ccc(-c2cccc(OC(F)(F)F)c2)cc1Cl. The number of hydrogen-bond donors (Lipinski definition) is 0. The van der Waals surface area contributed by atoms with E-state index >= 15 is 0 Å². The van der Waals surface area contributed by atoms with Crippen molar-refractivity contribution in [3.05, 3.63) is 53.1 Å². The van der Waals surface area contributed by atoms with Gasteiger partial charge in [-0.05, 0) is 34.9 Å². The Labute approximate surface area is 124 Å². The summed E-state index contributed by atoms with van der Waals surface area (Å²) in [5.41, 5.74) is 1.86. The van der Waals surface area contributed by atoms with Crippen LogP contribution in [0, 0.1) is 11.3 Å². The first-order chi connectivity index (χ1) is 9.89. The Morgan fingerprint density at radius 1 is 1.10 bits per heavy atom. The van der Waals surface area contributed by atoms with Crippen LogP contribution < -0.4 is 4.74 Å². The van der Waals surface area contributed by atoms with Crippen LogP contribution in [0.4, 0.5) is 13.2 Å². The molecule has 0 aliphatic rings. The Hall–Kier alpha value is -2.19. The molecule has 2 aromatic rings. The fourth-order valence-corrected chi connectivity index (χ4v) is 2.08. The fraction of sp³-hybridized carbons (Fsp3) is 0.133. The molecule has 0 unspecified atom stereocenters. The van der Waals surface area contributed by atoms with Crippen LogP contribution in [0.3, 0.4) is 0 Å². The molecule has 2 nitrogen and oxygen atoms in total. The van der Waals surface area contributed by atoms with Crippen molar-refractivity contribution in [2.45, 2.75) is 12.8 Å². The number of nitriles is 1. The smallest absolute Gasteiger partial charge is 0.406 e. The van der Waals surface area contributed by atoms with E-state index < -0.39 is 6.36 Å². The van der Waals surface area contributed by atoms with E-state index in [4.69, 9.17) is 16.9 Å². The lowest BCUT2D eigenvalue weighted by Gasteiger charge is -2.10. The largest absolute Gasteiger partial charge is 0.573 e. The summed E-state index contributed by atoms with van der Waals surface area (Å²) >= 11 is 6.04. The van der Waals surface area contributed by atoms with Gasteiger partial charge in [-0.2, -0.15) is 5.26 Å². The van der Waals surface area contributed by atoms with Gasteiger partial charge in [0.2, 0.25) is 0 Å². The van der Waals surface area contributed by atoms with Crippen molar-refractivity contribution in [3.8, 4) is 22.9 Å². The number of alkyl halides is 3. The van der Waals surface area contributed by atoms with Gasteiger partial charge in [0, 0.05) is 5.02 Å². The summed E-state index contributed by atoms with van der Waals surface area (Å²) in [7, 11) is 0. The zero-order valence-corrected chi connectivity index (χ0v) is 11.4. The van der Waals surface area contributed by atoms with Crippen LogP contribution in [0.2, 0.25) is 5.02 Å². The van der Waals surface area contributed by atoms with Gasteiger partial charge in [-0.3, -0.25) is 0 Å². The van der Waals surface area contributed by atoms with E-state index in [-0.39, 0.29) is 12.2 Å². The molecule has 0 amide bonds. The fourth-order valence-electron chi connectivity index (χ4n) is 1.83. The second kappa shape index (κ2) is 6.06. The van der Waals surface area contributed by atoms with E-state index in [9.17, 15) is 13.2 Å². The molecule has 0 radical (unpaired) electrons. The first-order valence-corrected chi connectivity index (χ1v) is 6.28. The normalized spacial score (nSPS) is 11.0. The monoisotopic (exact) mass is 311 g/mol. The van der Waals surface area contributed by atoms with E-state index in [1.165, 1.54) is 18.2 Å². The van der Waals surface area contributed by atoms with E-state index in [0.29, 0.717) is 21.7 Å². The molecule has 2 rings (SSSR count). The number of rotatable bonds is 3. The Bertz CT molecular complexity index is 692. The minimum Gasteiger partial charge on any atom is -0.406 e. The highest BCUT2D eigenvalue weighted by Gasteiger charge is 2.31. The Morgan fingerprint density at radius 3 is 2.43 bits per heavy atom. The highest BCUT2D eigenvalue weighted by molar-refractivity contribution is 6.31. The number of nitrogens with zero attached hydrogens (tertiary/aromatic N) is 1. The minimum absolute atomic E-state index is 0.177. The minimum atomic E-state index is -4.73. The van der Waals surface area contributed by atoms with E-state index in [1.807, 2.05) is 6.07 Å². The second-order valence-corrected chi connectivity index (χ2v) is 4.62. The third-order valence-corrected chi connectivity index (χ3v) is 3.08. The number of hydrogen-bond acceptors (Lipinski definition) is 2. The van der Waals surface area contributed by atoms with Crippen molar-refractivity contribution < 1.29 is 17.9 Å². The van der Waals surface area contributed by atoms with Crippen molar-refractivity contribution in [3.63, 3.8) is 0 Å². The average molecular weight is 312 g/mol. The summed E-state index contributed by atoms with van der Waals surface area (Å²) in [6.07, 6.45) is -4.55. The van der Waals surface area contributed by atoms with Gasteiger partial charge >= 0.3 is 6.36 Å². The summed E-state index contributed by atoms with van der Waals surface area (Å²) < 4.78 is 40.5. The Morgan fingerprint density at radius 2 is 1.81 bits per heavy atom. The molecule has 108 valence electrons. The quantitative estimate of drug-likeness (QED) is 0.801. The van der Waals surface area contributed by atoms with Crippen LogP contribution >= 0.6 is 11.6 Å². The molecule has 0 bridgehead atoms. The molecule has 0 N–H and O–H groups in total. The maximum atomic E-state index is 12.2. The molecule has 0 aliphatic carbocycles. The lowest BCUT2D eigenvalue weighted by molar-refractivity contribution is -0.274. The summed E-state index contributed by atoms with van der Waals surface area (Å²) in [5.74, 6) is -0.294. The van der Waals surface area contributed by atoms with E-state index in [0.717, 1.165) is 0 Å². The first-order valence-electron chi connectivity index (χ1n) is 5.90. The average Bonchev–Trinajstić information content (AvgIpc) is 2.39. The zero-order valence-electron chi connectivity index (χ0n) is 10.6. The van der Waals surface area contributed by atoms with Crippen LogP contribution in [0.25, 0.3) is 11.1 Å². The standard InChI is InChI=1S/C15H9ClF3NO/c16-14-9-12(5-4-10(14)6-7-20)11-2-1-3-13(8-11)21-15(17,18)19/h1-5,8-9H,6H2. The van der Waals surface area contributed by atoms with Crippen molar-refractivity contribution in [2.24, 2.45) is 0 Å². The van der Waals surface area contributed by atoms with Gasteiger partial charge in [-0.1, -0.05) is 35.9 Å².